The Morgan fingerprint density at radius 2 is 1.96 bits per heavy atom. The molecule has 0 saturated heterocycles. The van der Waals surface area contributed by atoms with Crippen LogP contribution >= 0.6 is 23.4 Å². The van der Waals surface area contributed by atoms with Crippen LogP contribution in [0.3, 0.4) is 0 Å². The third-order valence-electron chi connectivity index (χ3n) is 3.66. The van der Waals surface area contributed by atoms with Crippen LogP contribution in [0.4, 0.5) is 0 Å². The van der Waals surface area contributed by atoms with Gasteiger partial charge in [-0.05, 0) is 49.7 Å². The zero-order valence-corrected chi connectivity index (χ0v) is 16.0. The highest BCUT2D eigenvalue weighted by Gasteiger charge is 2.16. The fourth-order valence-corrected chi connectivity index (χ4v) is 3.56. The van der Waals surface area contributed by atoms with E-state index in [1.807, 2.05) is 60.0 Å². The average Bonchev–Trinajstić information content (AvgIpc) is 3.07. The largest absolute Gasteiger partial charge is 0.494 e. The summed E-state index contributed by atoms with van der Waals surface area (Å²) in [4.78, 5) is 0. The normalized spacial score (nSPS) is 10.9. The minimum Gasteiger partial charge on any atom is -0.494 e. The van der Waals surface area contributed by atoms with E-state index >= 15 is 0 Å². The molecular formula is C19H20ClN3O2S. The number of benzene rings is 2. The summed E-state index contributed by atoms with van der Waals surface area (Å²) in [6, 6.07) is 15.4. The molecule has 0 bridgehead atoms. The molecule has 0 atom stereocenters. The second kappa shape index (κ2) is 9.07. The van der Waals surface area contributed by atoms with Crippen LogP contribution < -0.4 is 4.74 Å². The van der Waals surface area contributed by atoms with Crippen LogP contribution in [0.5, 0.6) is 5.75 Å². The van der Waals surface area contributed by atoms with Crippen LogP contribution in [0, 0.1) is 0 Å². The van der Waals surface area contributed by atoms with Gasteiger partial charge in [-0.2, -0.15) is 0 Å². The standard InChI is InChI=1S/C19H20ClN3O2S/c1-2-25-17-9-7-16(8-10-17)23-18(14-5-3-6-15(20)13-14)21-22-19(23)26-12-4-11-24/h3,5-10,13,24H,2,4,11-12H2,1H3. The van der Waals surface area contributed by atoms with Gasteiger partial charge in [-0.15, -0.1) is 10.2 Å². The molecule has 1 heterocycles. The number of ether oxygens (including phenoxy) is 1. The van der Waals surface area contributed by atoms with Crippen LogP contribution in [0.2, 0.25) is 5.02 Å². The molecule has 0 aliphatic heterocycles. The molecule has 0 fully saturated rings. The van der Waals surface area contributed by atoms with Crippen LogP contribution in [-0.2, 0) is 0 Å². The number of aliphatic hydroxyl groups excluding tert-OH is 1. The van der Waals surface area contributed by atoms with Crippen molar-refractivity contribution in [3.8, 4) is 22.8 Å². The number of nitrogens with zero attached hydrogens (tertiary/aromatic N) is 3. The Kier molecular flexibility index (Phi) is 6.55. The first-order chi connectivity index (χ1) is 12.7. The van der Waals surface area contributed by atoms with Crippen LogP contribution in [0.1, 0.15) is 13.3 Å². The monoisotopic (exact) mass is 389 g/mol. The maximum Gasteiger partial charge on any atom is 0.196 e. The summed E-state index contributed by atoms with van der Waals surface area (Å²) in [5, 5.41) is 19.2. The minimum absolute atomic E-state index is 0.158. The van der Waals surface area contributed by atoms with Crippen LogP contribution in [0.15, 0.2) is 53.7 Å². The summed E-state index contributed by atoms with van der Waals surface area (Å²) in [5.74, 6) is 2.31. The van der Waals surface area contributed by atoms with Gasteiger partial charge >= 0.3 is 0 Å². The van der Waals surface area contributed by atoms with Crippen LogP contribution in [-0.4, -0.2) is 38.8 Å². The molecule has 0 amide bonds. The van der Waals surface area contributed by atoms with Gasteiger partial charge in [-0.1, -0.05) is 35.5 Å². The molecule has 26 heavy (non-hydrogen) atoms. The van der Waals surface area contributed by atoms with Crippen molar-refractivity contribution in [3.63, 3.8) is 0 Å². The first-order valence-electron chi connectivity index (χ1n) is 8.41. The van der Waals surface area contributed by atoms with Crippen molar-refractivity contribution >= 4 is 23.4 Å². The highest BCUT2D eigenvalue weighted by molar-refractivity contribution is 7.99. The highest BCUT2D eigenvalue weighted by atomic mass is 35.5. The van der Waals surface area contributed by atoms with E-state index in [0.29, 0.717) is 18.1 Å². The van der Waals surface area contributed by atoms with Gasteiger partial charge in [0.2, 0.25) is 0 Å². The SMILES string of the molecule is CCOc1ccc(-n2c(SCCCO)nnc2-c2cccc(Cl)c2)cc1. The Labute approximate surface area is 162 Å². The van der Waals surface area contributed by atoms with Gasteiger partial charge in [0.05, 0.1) is 6.61 Å². The van der Waals surface area contributed by atoms with Crippen LogP contribution in [0.25, 0.3) is 17.1 Å². The van der Waals surface area contributed by atoms with E-state index in [-0.39, 0.29) is 6.61 Å². The lowest BCUT2D eigenvalue weighted by atomic mass is 10.2. The number of thioether (sulfide) groups is 1. The summed E-state index contributed by atoms with van der Waals surface area (Å²) in [6.45, 7) is 2.74. The number of rotatable bonds is 8. The molecule has 2 aromatic carbocycles. The van der Waals surface area contributed by atoms with Gasteiger partial charge in [0.1, 0.15) is 5.75 Å². The third kappa shape index (κ3) is 4.38. The molecule has 1 aromatic heterocycles. The van der Waals surface area contributed by atoms with Crippen molar-refractivity contribution in [1.82, 2.24) is 14.8 Å². The Morgan fingerprint density at radius 3 is 2.65 bits per heavy atom. The Morgan fingerprint density at radius 1 is 1.15 bits per heavy atom. The second-order valence-electron chi connectivity index (χ2n) is 5.50. The van der Waals surface area contributed by atoms with Crippen molar-refractivity contribution in [1.29, 1.82) is 0 Å². The average molecular weight is 390 g/mol. The number of hydrogen-bond acceptors (Lipinski definition) is 5. The zero-order chi connectivity index (χ0) is 18.4. The zero-order valence-electron chi connectivity index (χ0n) is 14.4. The van der Waals surface area contributed by atoms with E-state index in [4.69, 9.17) is 21.4 Å². The van der Waals surface area contributed by atoms with Gasteiger partial charge < -0.3 is 9.84 Å². The maximum atomic E-state index is 9.04. The van der Waals surface area contributed by atoms with Crippen molar-refractivity contribution in [2.24, 2.45) is 0 Å². The lowest BCUT2D eigenvalue weighted by molar-refractivity contribution is 0.296. The number of halogens is 1. The van der Waals surface area contributed by atoms with E-state index in [0.717, 1.165) is 33.7 Å². The number of aliphatic hydroxyl groups is 1. The first kappa shape index (κ1) is 18.8. The molecule has 136 valence electrons. The Balaban J connectivity index is 2.02. The molecule has 0 spiro atoms. The fourth-order valence-electron chi connectivity index (χ4n) is 2.50. The van der Waals surface area contributed by atoms with E-state index in [9.17, 15) is 0 Å². The molecule has 0 saturated carbocycles. The minimum atomic E-state index is 0.158. The quantitative estimate of drug-likeness (QED) is 0.455. The first-order valence-corrected chi connectivity index (χ1v) is 9.77. The highest BCUT2D eigenvalue weighted by Crippen LogP contribution is 2.30. The second-order valence-corrected chi connectivity index (χ2v) is 7.00. The Bertz CT molecular complexity index is 852. The molecule has 0 aliphatic carbocycles. The molecule has 7 heteroatoms. The van der Waals surface area contributed by atoms with Crippen molar-refractivity contribution in [3.05, 3.63) is 53.6 Å². The molecular weight excluding hydrogens is 370 g/mol. The smallest absolute Gasteiger partial charge is 0.196 e. The lowest BCUT2D eigenvalue weighted by Crippen LogP contribution is -2.01. The molecule has 1 N–H and O–H groups in total. The Hall–Kier alpha value is -2.02. The topological polar surface area (TPSA) is 60.2 Å². The molecule has 3 aromatic rings. The lowest BCUT2D eigenvalue weighted by Gasteiger charge is -2.11. The van der Waals surface area contributed by atoms with Crippen molar-refractivity contribution in [2.75, 3.05) is 19.0 Å². The van der Waals surface area contributed by atoms with E-state index in [1.54, 1.807) is 11.8 Å². The summed E-state index contributed by atoms with van der Waals surface area (Å²) in [7, 11) is 0. The predicted molar refractivity (Wildman–Crippen MR) is 105 cm³/mol. The number of hydrogen-bond donors (Lipinski definition) is 1. The van der Waals surface area contributed by atoms with Gasteiger partial charge in [-0.3, -0.25) is 4.57 Å². The molecule has 0 radical (unpaired) electrons. The van der Waals surface area contributed by atoms with Gasteiger partial charge in [-0.25, -0.2) is 0 Å². The number of aromatic nitrogens is 3. The summed E-state index contributed by atoms with van der Waals surface area (Å²) >= 11 is 7.72. The van der Waals surface area contributed by atoms with Gasteiger partial charge in [0.25, 0.3) is 0 Å². The molecule has 5 nitrogen and oxygen atoms in total. The fraction of sp³-hybridized carbons (Fsp3) is 0.263. The van der Waals surface area contributed by atoms with Gasteiger partial charge in [0, 0.05) is 28.6 Å². The molecule has 3 rings (SSSR count). The van der Waals surface area contributed by atoms with Crippen molar-refractivity contribution in [2.45, 2.75) is 18.5 Å². The van der Waals surface area contributed by atoms with E-state index in [2.05, 4.69) is 10.2 Å². The van der Waals surface area contributed by atoms with Crippen molar-refractivity contribution < 1.29 is 9.84 Å². The molecule has 0 unspecified atom stereocenters. The third-order valence-corrected chi connectivity index (χ3v) is 4.91. The summed E-state index contributed by atoms with van der Waals surface area (Å²) in [6.07, 6.45) is 0.702. The summed E-state index contributed by atoms with van der Waals surface area (Å²) < 4.78 is 7.53. The van der Waals surface area contributed by atoms with Gasteiger partial charge in [0.15, 0.2) is 11.0 Å². The van der Waals surface area contributed by atoms with E-state index in [1.165, 1.54) is 0 Å². The molecule has 0 aliphatic rings. The van der Waals surface area contributed by atoms with E-state index < -0.39 is 0 Å². The predicted octanol–water partition coefficient (Wildman–Crippen LogP) is 4.46. The summed E-state index contributed by atoms with van der Waals surface area (Å²) in [5.41, 5.74) is 1.84. The maximum absolute atomic E-state index is 9.04.